The Morgan fingerprint density at radius 2 is 2.00 bits per heavy atom. The molecule has 0 saturated heterocycles. The van der Waals surface area contributed by atoms with Crippen molar-refractivity contribution >= 4 is 23.4 Å². The highest BCUT2D eigenvalue weighted by atomic mass is 35.5. The van der Waals surface area contributed by atoms with Crippen molar-refractivity contribution in [3.63, 3.8) is 0 Å². The Hall–Kier alpha value is 0.560. The molecule has 1 aliphatic carbocycles. The van der Waals surface area contributed by atoms with Crippen LogP contribution in [0.1, 0.15) is 6.42 Å². The number of rotatable bonds is 1. The van der Waals surface area contributed by atoms with E-state index in [9.17, 15) is 5.11 Å². The van der Waals surface area contributed by atoms with Crippen LogP contribution in [0.5, 0.6) is 0 Å². The number of alkyl halides is 1. The van der Waals surface area contributed by atoms with Gasteiger partial charge in [-0.15, -0.1) is 11.6 Å². The predicted molar refractivity (Wildman–Crippen MR) is 43.6 cm³/mol. The van der Waals surface area contributed by atoms with Crippen LogP contribution in [0.4, 0.5) is 0 Å². The number of hydrogen-bond acceptors (Lipinski definition) is 3. The van der Waals surface area contributed by atoms with Crippen LogP contribution in [0.3, 0.4) is 0 Å². The van der Waals surface area contributed by atoms with Crippen molar-refractivity contribution in [3.8, 4) is 0 Å². The summed E-state index contributed by atoms with van der Waals surface area (Å²) in [5.74, 6) is 0. The van der Waals surface area contributed by atoms with Gasteiger partial charge in [0, 0.05) is 11.7 Å². The Labute approximate surface area is 69.6 Å². The number of aliphatic hydroxyl groups excluding tert-OH is 2. The van der Waals surface area contributed by atoms with Crippen LogP contribution in [-0.2, 0) is 0 Å². The summed E-state index contributed by atoms with van der Waals surface area (Å²) in [6.45, 7) is 0. The van der Waals surface area contributed by atoms with Crippen LogP contribution in [0.25, 0.3) is 0 Å². The molecule has 0 unspecified atom stereocenters. The van der Waals surface area contributed by atoms with Crippen molar-refractivity contribution in [1.82, 2.24) is 0 Å². The smallest absolute Gasteiger partial charge is 0.0740 e. The van der Waals surface area contributed by atoms with Gasteiger partial charge in [0.2, 0.25) is 0 Å². The van der Waals surface area contributed by atoms with Gasteiger partial charge in [0.05, 0.1) is 17.6 Å². The van der Waals surface area contributed by atoms with E-state index in [4.69, 9.17) is 16.7 Å². The summed E-state index contributed by atoms with van der Waals surface area (Å²) in [7, 11) is 0. The highest BCUT2D eigenvalue weighted by Crippen LogP contribution is 2.32. The highest BCUT2D eigenvalue weighted by Gasteiger charge is 2.39. The summed E-state index contributed by atoms with van der Waals surface area (Å²) in [4.78, 5) is 0. The monoisotopic (exact) mass is 182 g/mol. The molecule has 0 aromatic rings. The summed E-state index contributed by atoms with van der Waals surface area (Å²) in [5.41, 5.74) is 0. The minimum Gasteiger partial charge on any atom is -0.392 e. The standard InChI is InChI=1S/C6H11ClO2S/c1-10-6-4(9)2-3(8)5(6)7/h3-6,8-9H,2H2,1H3/t3-,4+,5-,6-/m1/s1. The van der Waals surface area contributed by atoms with Gasteiger partial charge in [-0.25, -0.2) is 0 Å². The molecule has 0 bridgehead atoms. The van der Waals surface area contributed by atoms with Gasteiger partial charge in [-0.1, -0.05) is 0 Å². The van der Waals surface area contributed by atoms with E-state index in [-0.39, 0.29) is 10.6 Å². The van der Waals surface area contributed by atoms with E-state index >= 15 is 0 Å². The van der Waals surface area contributed by atoms with E-state index in [2.05, 4.69) is 0 Å². The first-order chi connectivity index (χ1) is 4.66. The van der Waals surface area contributed by atoms with Crippen LogP contribution in [0.15, 0.2) is 0 Å². The fourth-order valence-corrected chi connectivity index (χ4v) is 2.68. The molecule has 10 heavy (non-hydrogen) atoms. The maximum absolute atomic E-state index is 9.26. The molecule has 60 valence electrons. The molecule has 1 fully saturated rings. The highest BCUT2D eigenvalue weighted by molar-refractivity contribution is 7.99. The number of thioether (sulfide) groups is 1. The van der Waals surface area contributed by atoms with Crippen molar-refractivity contribution in [2.24, 2.45) is 0 Å². The summed E-state index contributed by atoms with van der Waals surface area (Å²) in [6, 6.07) is 0. The van der Waals surface area contributed by atoms with Crippen LogP contribution < -0.4 is 0 Å². The van der Waals surface area contributed by atoms with Crippen LogP contribution in [0.2, 0.25) is 0 Å². The average Bonchev–Trinajstić information content (AvgIpc) is 2.09. The first-order valence-corrected chi connectivity index (χ1v) is 4.92. The normalized spacial score (nSPS) is 48.0. The molecule has 0 spiro atoms. The molecule has 0 heterocycles. The molecule has 0 amide bonds. The molecule has 0 radical (unpaired) electrons. The predicted octanol–water partition coefficient (Wildman–Crippen LogP) is 0.451. The second-order valence-electron chi connectivity index (χ2n) is 2.52. The van der Waals surface area contributed by atoms with Gasteiger partial charge < -0.3 is 10.2 Å². The Kier molecular flexibility index (Phi) is 2.86. The van der Waals surface area contributed by atoms with E-state index < -0.39 is 12.2 Å². The van der Waals surface area contributed by atoms with E-state index in [0.717, 1.165) is 0 Å². The van der Waals surface area contributed by atoms with Crippen LogP contribution in [0, 0.1) is 0 Å². The Balaban J connectivity index is 2.55. The SMILES string of the molecule is CS[C@H]1[C@H](Cl)[C@H](O)C[C@@H]1O. The molecule has 1 rings (SSSR count). The first-order valence-electron chi connectivity index (χ1n) is 3.20. The molecule has 4 heteroatoms. The van der Waals surface area contributed by atoms with Crippen LogP contribution >= 0.6 is 23.4 Å². The Bertz CT molecular complexity index is 122. The van der Waals surface area contributed by atoms with Gasteiger partial charge in [0.25, 0.3) is 0 Å². The van der Waals surface area contributed by atoms with Gasteiger partial charge in [-0.2, -0.15) is 11.8 Å². The third-order valence-corrected chi connectivity index (χ3v) is 3.68. The zero-order chi connectivity index (χ0) is 7.72. The first kappa shape index (κ1) is 8.65. The number of aliphatic hydroxyl groups is 2. The van der Waals surface area contributed by atoms with Crippen molar-refractivity contribution in [2.45, 2.75) is 29.3 Å². The van der Waals surface area contributed by atoms with Crippen molar-refractivity contribution < 1.29 is 10.2 Å². The van der Waals surface area contributed by atoms with Gasteiger partial charge in [0.1, 0.15) is 0 Å². The zero-order valence-electron chi connectivity index (χ0n) is 5.70. The summed E-state index contributed by atoms with van der Waals surface area (Å²) < 4.78 is 0. The number of halogens is 1. The fourth-order valence-electron chi connectivity index (χ4n) is 1.23. The average molecular weight is 183 g/mol. The largest absolute Gasteiger partial charge is 0.392 e. The molecule has 4 atom stereocenters. The molecule has 1 saturated carbocycles. The third kappa shape index (κ3) is 1.42. The van der Waals surface area contributed by atoms with Gasteiger partial charge in [0.15, 0.2) is 0 Å². The third-order valence-electron chi connectivity index (χ3n) is 1.82. The van der Waals surface area contributed by atoms with Crippen molar-refractivity contribution in [2.75, 3.05) is 6.26 Å². The summed E-state index contributed by atoms with van der Waals surface area (Å²) in [6.07, 6.45) is 1.34. The molecular formula is C6H11ClO2S. The summed E-state index contributed by atoms with van der Waals surface area (Å²) >= 11 is 7.30. The second-order valence-corrected chi connectivity index (χ2v) is 4.03. The van der Waals surface area contributed by atoms with Crippen LogP contribution in [-0.4, -0.2) is 39.3 Å². The minimum atomic E-state index is -0.533. The zero-order valence-corrected chi connectivity index (χ0v) is 7.27. The lowest BCUT2D eigenvalue weighted by atomic mass is 10.3. The van der Waals surface area contributed by atoms with Crippen molar-refractivity contribution in [1.29, 1.82) is 0 Å². The summed E-state index contributed by atoms with van der Waals surface area (Å²) in [5, 5.41) is 18.1. The van der Waals surface area contributed by atoms with E-state index in [0.29, 0.717) is 6.42 Å². The van der Waals surface area contributed by atoms with Gasteiger partial charge >= 0.3 is 0 Å². The molecule has 2 nitrogen and oxygen atoms in total. The number of hydrogen-bond donors (Lipinski definition) is 2. The lowest BCUT2D eigenvalue weighted by Gasteiger charge is -2.14. The lowest BCUT2D eigenvalue weighted by Crippen LogP contribution is -2.24. The molecule has 0 aromatic carbocycles. The Morgan fingerprint density at radius 3 is 2.20 bits per heavy atom. The van der Waals surface area contributed by atoms with E-state index in [1.54, 1.807) is 0 Å². The second kappa shape index (κ2) is 3.30. The van der Waals surface area contributed by atoms with Gasteiger partial charge in [-0.05, 0) is 6.26 Å². The fraction of sp³-hybridized carbons (Fsp3) is 1.00. The molecule has 0 aromatic heterocycles. The molecular weight excluding hydrogens is 172 g/mol. The van der Waals surface area contributed by atoms with Crippen molar-refractivity contribution in [3.05, 3.63) is 0 Å². The van der Waals surface area contributed by atoms with E-state index in [1.807, 2.05) is 6.26 Å². The maximum atomic E-state index is 9.26. The van der Waals surface area contributed by atoms with E-state index in [1.165, 1.54) is 11.8 Å². The molecule has 1 aliphatic rings. The van der Waals surface area contributed by atoms with Gasteiger partial charge in [-0.3, -0.25) is 0 Å². The maximum Gasteiger partial charge on any atom is 0.0740 e. The molecule has 2 N–H and O–H groups in total. The lowest BCUT2D eigenvalue weighted by molar-refractivity contribution is 0.139. The topological polar surface area (TPSA) is 40.5 Å². The molecule has 0 aliphatic heterocycles. The minimum absolute atomic E-state index is 0.00309. The quantitative estimate of drug-likeness (QED) is 0.579. The Morgan fingerprint density at radius 1 is 1.40 bits per heavy atom.